The topological polar surface area (TPSA) is 32.8 Å². The molecule has 124 valence electrons. The van der Waals surface area contributed by atoms with Crippen LogP contribution in [0, 0.1) is 0 Å². The van der Waals surface area contributed by atoms with Gasteiger partial charge in [0.15, 0.2) is 5.11 Å². The highest BCUT2D eigenvalue weighted by Gasteiger charge is 2.40. The molecular weight excluding hydrogens is 388 g/mol. The maximum absolute atomic E-state index is 12.7. The molecule has 1 aliphatic heterocycles. The van der Waals surface area contributed by atoms with E-state index in [0.29, 0.717) is 11.7 Å². The van der Waals surface area contributed by atoms with Crippen molar-refractivity contribution in [3.8, 4) is 5.75 Å². The minimum Gasteiger partial charge on any atom is -0.497 e. The van der Waals surface area contributed by atoms with Crippen LogP contribution < -0.4 is 9.64 Å². The SMILES string of the molecule is COc1ccc(N2C(=O)C(C)N(Cc3ccc(Br)cc3)C2=S)cc1. The van der Waals surface area contributed by atoms with Gasteiger partial charge >= 0.3 is 0 Å². The second kappa shape index (κ2) is 6.91. The number of nitrogens with zero attached hydrogens (tertiary/aromatic N) is 2. The van der Waals surface area contributed by atoms with Crippen molar-refractivity contribution in [3.63, 3.8) is 0 Å². The minimum atomic E-state index is -0.289. The Morgan fingerprint density at radius 1 is 1.12 bits per heavy atom. The Morgan fingerprint density at radius 3 is 2.33 bits per heavy atom. The summed E-state index contributed by atoms with van der Waals surface area (Å²) in [6.45, 7) is 2.49. The summed E-state index contributed by atoms with van der Waals surface area (Å²) in [4.78, 5) is 16.2. The Morgan fingerprint density at radius 2 is 1.75 bits per heavy atom. The first-order chi connectivity index (χ1) is 11.5. The van der Waals surface area contributed by atoms with Gasteiger partial charge in [0.05, 0.1) is 12.8 Å². The van der Waals surface area contributed by atoms with Gasteiger partial charge in [-0.2, -0.15) is 0 Å². The minimum absolute atomic E-state index is 0.0118. The number of carbonyl (C=O) groups is 1. The molecular formula is C18H17BrN2O2S. The summed E-state index contributed by atoms with van der Waals surface area (Å²) >= 11 is 9.01. The molecule has 1 heterocycles. The van der Waals surface area contributed by atoms with Gasteiger partial charge < -0.3 is 9.64 Å². The van der Waals surface area contributed by atoms with Gasteiger partial charge in [-0.15, -0.1) is 0 Å². The highest BCUT2D eigenvalue weighted by atomic mass is 79.9. The lowest BCUT2D eigenvalue weighted by atomic mass is 10.2. The van der Waals surface area contributed by atoms with E-state index in [1.165, 1.54) is 0 Å². The van der Waals surface area contributed by atoms with E-state index in [4.69, 9.17) is 17.0 Å². The fourth-order valence-corrected chi connectivity index (χ4v) is 3.35. The number of ether oxygens (including phenoxy) is 1. The zero-order valence-electron chi connectivity index (χ0n) is 13.4. The summed E-state index contributed by atoms with van der Waals surface area (Å²) in [5.74, 6) is 0.735. The smallest absolute Gasteiger partial charge is 0.255 e. The molecule has 2 aromatic carbocycles. The Labute approximate surface area is 155 Å². The predicted molar refractivity (Wildman–Crippen MR) is 102 cm³/mol. The van der Waals surface area contributed by atoms with E-state index < -0.39 is 0 Å². The summed E-state index contributed by atoms with van der Waals surface area (Å²) in [6.07, 6.45) is 0. The lowest BCUT2D eigenvalue weighted by Gasteiger charge is -2.22. The Kier molecular flexibility index (Phi) is 4.87. The molecule has 6 heteroatoms. The number of benzene rings is 2. The van der Waals surface area contributed by atoms with Crippen LogP contribution in [-0.2, 0) is 11.3 Å². The number of carbonyl (C=O) groups excluding carboxylic acids is 1. The van der Waals surface area contributed by atoms with Crippen molar-refractivity contribution in [2.75, 3.05) is 12.0 Å². The summed E-state index contributed by atoms with van der Waals surface area (Å²) in [5, 5.41) is 0.528. The lowest BCUT2D eigenvalue weighted by Crippen LogP contribution is -2.33. The molecule has 24 heavy (non-hydrogen) atoms. The Bertz CT molecular complexity index is 762. The zero-order valence-corrected chi connectivity index (χ0v) is 15.8. The third-order valence-electron chi connectivity index (χ3n) is 4.08. The Balaban J connectivity index is 1.84. The van der Waals surface area contributed by atoms with Gasteiger partial charge in [-0.05, 0) is 61.1 Å². The highest BCUT2D eigenvalue weighted by Crippen LogP contribution is 2.28. The van der Waals surface area contributed by atoms with Crippen LogP contribution in [0.3, 0.4) is 0 Å². The molecule has 0 N–H and O–H groups in total. The average molecular weight is 405 g/mol. The van der Waals surface area contributed by atoms with E-state index in [9.17, 15) is 4.79 Å². The molecule has 1 aliphatic rings. The fraction of sp³-hybridized carbons (Fsp3) is 0.222. The zero-order chi connectivity index (χ0) is 17.3. The van der Waals surface area contributed by atoms with E-state index in [1.54, 1.807) is 12.0 Å². The second-order valence-electron chi connectivity index (χ2n) is 5.58. The van der Waals surface area contributed by atoms with Crippen LogP contribution in [0.25, 0.3) is 0 Å². The number of thiocarbonyl (C=S) groups is 1. The second-order valence-corrected chi connectivity index (χ2v) is 6.87. The number of halogens is 1. The molecule has 4 nitrogen and oxygen atoms in total. The molecule has 1 fully saturated rings. The molecule has 0 aromatic heterocycles. The molecule has 0 aliphatic carbocycles. The molecule has 1 saturated heterocycles. The standard InChI is InChI=1S/C18H17BrN2O2S/c1-12-17(22)21(15-7-9-16(23-2)10-8-15)18(24)20(12)11-13-3-5-14(19)6-4-13/h3-10,12H,11H2,1-2H3. The van der Waals surface area contributed by atoms with E-state index in [0.717, 1.165) is 21.5 Å². The first-order valence-electron chi connectivity index (χ1n) is 7.54. The van der Waals surface area contributed by atoms with Gasteiger partial charge in [0.1, 0.15) is 11.8 Å². The van der Waals surface area contributed by atoms with E-state index in [2.05, 4.69) is 15.9 Å². The molecule has 1 amide bonds. The molecule has 3 rings (SSSR count). The Hall–Kier alpha value is -1.92. The molecule has 1 atom stereocenters. The van der Waals surface area contributed by atoms with Crippen LogP contribution in [0.2, 0.25) is 0 Å². The highest BCUT2D eigenvalue weighted by molar-refractivity contribution is 9.10. The third-order valence-corrected chi connectivity index (χ3v) is 5.02. The number of rotatable bonds is 4. The van der Waals surface area contributed by atoms with Crippen LogP contribution >= 0.6 is 28.1 Å². The third kappa shape index (κ3) is 3.16. The van der Waals surface area contributed by atoms with Crippen LogP contribution in [0.4, 0.5) is 5.69 Å². The van der Waals surface area contributed by atoms with Crippen molar-refractivity contribution in [1.82, 2.24) is 4.90 Å². The number of hydrogen-bond acceptors (Lipinski definition) is 3. The van der Waals surface area contributed by atoms with Gasteiger partial charge in [-0.3, -0.25) is 9.69 Å². The number of hydrogen-bond donors (Lipinski definition) is 0. The number of methoxy groups -OCH3 is 1. The molecule has 0 radical (unpaired) electrons. The van der Waals surface area contributed by atoms with E-state index >= 15 is 0 Å². The molecule has 0 spiro atoms. The first kappa shape index (κ1) is 16.9. The summed E-state index contributed by atoms with van der Waals surface area (Å²) in [5.41, 5.74) is 1.87. The normalized spacial score (nSPS) is 17.5. The van der Waals surface area contributed by atoms with Gasteiger partial charge in [-0.1, -0.05) is 28.1 Å². The van der Waals surface area contributed by atoms with E-state index in [-0.39, 0.29) is 11.9 Å². The van der Waals surface area contributed by atoms with Crippen molar-refractivity contribution >= 4 is 44.9 Å². The molecule has 2 aromatic rings. The number of amides is 1. The first-order valence-corrected chi connectivity index (χ1v) is 8.74. The largest absolute Gasteiger partial charge is 0.497 e. The van der Waals surface area contributed by atoms with Crippen LogP contribution in [0.1, 0.15) is 12.5 Å². The fourth-order valence-electron chi connectivity index (χ4n) is 2.67. The average Bonchev–Trinajstić information content (AvgIpc) is 2.80. The molecule has 0 saturated carbocycles. The van der Waals surface area contributed by atoms with Crippen LogP contribution in [0.15, 0.2) is 53.0 Å². The maximum atomic E-state index is 12.7. The predicted octanol–water partition coefficient (Wildman–Crippen LogP) is 3.98. The lowest BCUT2D eigenvalue weighted by molar-refractivity contribution is -0.119. The van der Waals surface area contributed by atoms with Crippen molar-refractivity contribution < 1.29 is 9.53 Å². The van der Waals surface area contributed by atoms with Crippen LogP contribution in [-0.4, -0.2) is 29.1 Å². The van der Waals surface area contributed by atoms with Crippen molar-refractivity contribution in [2.45, 2.75) is 19.5 Å². The van der Waals surface area contributed by atoms with Gasteiger partial charge in [-0.25, -0.2) is 0 Å². The van der Waals surface area contributed by atoms with E-state index in [1.807, 2.05) is 60.4 Å². The van der Waals surface area contributed by atoms with Gasteiger partial charge in [0, 0.05) is 11.0 Å². The monoisotopic (exact) mass is 404 g/mol. The summed E-state index contributed by atoms with van der Waals surface area (Å²) in [7, 11) is 1.61. The number of anilines is 1. The van der Waals surface area contributed by atoms with Gasteiger partial charge in [0.25, 0.3) is 5.91 Å². The van der Waals surface area contributed by atoms with Gasteiger partial charge in [0.2, 0.25) is 0 Å². The molecule has 0 bridgehead atoms. The van der Waals surface area contributed by atoms with Crippen molar-refractivity contribution in [2.24, 2.45) is 0 Å². The van der Waals surface area contributed by atoms with Crippen molar-refractivity contribution in [1.29, 1.82) is 0 Å². The summed E-state index contributed by atoms with van der Waals surface area (Å²) in [6, 6.07) is 15.1. The quantitative estimate of drug-likeness (QED) is 0.721. The van der Waals surface area contributed by atoms with Crippen molar-refractivity contribution in [3.05, 3.63) is 58.6 Å². The van der Waals surface area contributed by atoms with Crippen LogP contribution in [0.5, 0.6) is 5.75 Å². The molecule has 1 unspecified atom stereocenters. The summed E-state index contributed by atoms with van der Waals surface area (Å²) < 4.78 is 6.19. The maximum Gasteiger partial charge on any atom is 0.255 e.